The normalized spacial score (nSPS) is 19.2. The molecule has 3 aromatic rings. The molecular formula is C25H23BrN4. The lowest BCUT2D eigenvalue weighted by Gasteiger charge is -2.39. The van der Waals surface area contributed by atoms with Gasteiger partial charge in [-0.1, -0.05) is 70.5 Å². The second kappa shape index (κ2) is 8.54. The summed E-state index contributed by atoms with van der Waals surface area (Å²) in [5, 5.41) is 6.83. The summed E-state index contributed by atoms with van der Waals surface area (Å²) in [6.45, 7) is 3.75. The summed E-state index contributed by atoms with van der Waals surface area (Å²) < 4.78 is 1.15. The van der Waals surface area contributed by atoms with E-state index in [9.17, 15) is 0 Å². The Morgan fingerprint density at radius 1 is 0.900 bits per heavy atom. The first-order chi connectivity index (χ1) is 14.8. The number of hydrogen-bond acceptors (Lipinski definition) is 4. The average molecular weight is 459 g/mol. The zero-order chi connectivity index (χ0) is 20.3. The molecule has 1 saturated heterocycles. The van der Waals surface area contributed by atoms with E-state index < -0.39 is 0 Å². The van der Waals surface area contributed by atoms with Crippen molar-refractivity contribution in [1.29, 1.82) is 0 Å². The highest BCUT2D eigenvalue weighted by molar-refractivity contribution is 9.15. The van der Waals surface area contributed by atoms with Gasteiger partial charge in [-0.2, -0.15) is 5.10 Å². The Morgan fingerprint density at radius 2 is 1.67 bits per heavy atom. The van der Waals surface area contributed by atoms with Crippen LogP contribution in [0.25, 0.3) is 10.6 Å². The molecule has 1 fully saturated rings. The zero-order valence-corrected chi connectivity index (χ0v) is 18.2. The molecule has 0 spiro atoms. The molecule has 5 rings (SSSR count). The maximum absolute atomic E-state index is 4.68. The van der Waals surface area contributed by atoms with Crippen molar-refractivity contribution in [2.75, 3.05) is 26.2 Å². The Morgan fingerprint density at radius 3 is 2.47 bits per heavy atom. The van der Waals surface area contributed by atoms with E-state index in [2.05, 4.69) is 90.5 Å². The molecule has 1 aliphatic heterocycles. The first kappa shape index (κ1) is 19.2. The van der Waals surface area contributed by atoms with E-state index in [1.165, 1.54) is 22.3 Å². The maximum atomic E-state index is 4.68. The molecule has 5 heteroatoms. The van der Waals surface area contributed by atoms with Gasteiger partial charge in [0, 0.05) is 48.6 Å². The minimum atomic E-state index is 0.244. The molecule has 30 heavy (non-hydrogen) atoms. The van der Waals surface area contributed by atoms with E-state index in [-0.39, 0.29) is 6.04 Å². The second-order valence-corrected chi connectivity index (χ2v) is 8.49. The van der Waals surface area contributed by atoms with Crippen LogP contribution in [-0.4, -0.2) is 47.3 Å². The number of piperazine rings is 1. The molecule has 0 amide bonds. The van der Waals surface area contributed by atoms with Crippen LogP contribution in [-0.2, 0) is 0 Å². The predicted molar refractivity (Wildman–Crippen MR) is 127 cm³/mol. The third-order valence-corrected chi connectivity index (χ3v) is 6.45. The van der Waals surface area contributed by atoms with Crippen molar-refractivity contribution in [2.45, 2.75) is 6.04 Å². The first-order valence-electron chi connectivity index (χ1n) is 10.3. The number of pyridine rings is 1. The van der Waals surface area contributed by atoms with Gasteiger partial charge in [-0.25, -0.2) is 0 Å². The van der Waals surface area contributed by atoms with Gasteiger partial charge in [-0.05, 0) is 34.4 Å². The topological polar surface area (TPSA) is 31.7 Å². The van der Waals surface area contributed by atoms with Gasteiger partial charge < -0.3 is 0 Å². The van der Waals surface area contributed by atoms with Crippen LogP contribution in [0.5, 0.6) is 0 Å². The summed E-state index contributed by atoms with van der Waals surface area (Å²) in [7, 11) is 0. The minimum absolute atomic E-state index is 0.244. The smallest absolute Gasteiger partial charge is 0.0615 e. The number of hydrogen-bond donors (Lipinski definition) is 0. The van der Waals surface area contributed by atoms with E-state index in [1.54, 1.807) is 6.20 Å². The van der Waals surface area contributed by atoms with Crippen LogP contribution in [0.2, 0.25) is 0 Å². The minimum Gasteiger partial charge on any atom is -0.294 e. The highest BCUT2D eigenvalue weighted by atomic mass is 79.9. The summed E-state index contributed by atoms with van der Waals surface area (Å²) in [4.78, 5) is 6.74. The van der Waals surface area contributed by atoms with Gasteiger partial charge in [0.05, 0.1) is 12.3 Å². The number of hydrazone groups is 1. The molecule has 1 aromatic heterocycles. The fraction of sp³-hybridized carbons (Fsp3) is 0.200. The van der Waals surface area contributed by atoms with Gasteiger partial charge in [0.15, 0.2) is 0 Å². The van der Waals surface area contributed by atoms with E-state index in [4.69, 9.17) is 0 Å². The number of aromatic nitrogens is 1. The first-order valence-corrected chi connectivity index (χ1v) is 11.1. The molecule has 0 radical (unpaired) electrons. The standard InChI is InChI=1S/C25H23BrN4/c26-24-16-20-7-1-2-8-21(20)25(23-10-4-3-9-22(23)24)29-12-14-30(15-13-29)28-18-19-6-5-11-27-17-19/h1-11,16-18,25H,12-15H2. The van der Waals surface area contributed by atoms with Gasteiger partial charge >= 0.3 is 0 Å². The van der Waals surface area contributed by atoms with E-state index in [1.807, 2.05) is 24.5 Å². The van der Waals surface area contributed by atoms with Crippen molar-refractivity contribution in [1.82, 2.24) is 14.9 Å². The van der Waals surface area contributed by atoms with Crippen molar-refractivity contribution in [3.63, 3.8) is 0 Å². The average Bonchev–Trinajstić information content (AvgIpc) is 2.93. The highest BCUT2D eigenvalue weighted by Gasteiger charge is 2.30. The molecule has 150 valence electrons. The second-order valence-electron chi connectivity index (χ2n) is 7.63. The molecule has 0 N–H and O–H groups in total. The van der Waals surface area contributed by atoms with Crippen LogP contribution in [0, 0.1) is 0 Å². The Bertz CT molecular complexity index is 1090. The number of fused-ring (bicyclic) bond motifs is 2. The predicted octanol–water partition coefficient (Wildman–Crippen LogP) is 5.03. The summed E-state index contributed by atoms with van der Waals surface area (Å²) in [6, 6.07) is 21.7. The van der Waals surface area contributed by atoms with E-state index in [0.29, 0.717) is 0 Å². The van der Waals surface area contributed by atoms with E-state index in [0.717, 1.165) is 36.2 Å². The largest absolute Gasteiger partial charge is 0.294 e. The van der Waals surface area contributed by atoms with Crippen LogP contribution < -0.4 is 0 Å². The van der Waals surface area contributed by atoms with Crippen LogP contribution in [0.4, 0.5) is 0 Å². The number of halogens is 1. The van der Waals surface area contributed by atoms with Gasteiger partial charge in [0.1, 0.15) is 0 Å². The molecule has 0 saturated carbocycles. The molecule has 2 heterocycles. The summed E-state index contributed by atoms with van der Waals surface area (Å²) in [5.74, 6) is 0. The maximum Gasteiger partial charge on any atom is 0.0615 e. The quantitative estimate of drug-likeness (QED) is 0.515. The molecule has 2 aromatic carbocycles. The Kier molecular flexibility index (Phi) is 5.47. The number of rotatable bonds is 3. The third-order valence-electron chi connectivity index (χ3n) is 5.80. The highest BCUT2D eigenvalue weighted by Crippen LogP contribution is 2.41. The molecule has 4 nitrogen and oxygen atoms in total. The molecular weight excluding hydrogens is 436 g/mol. The zero-order valence-electron chi connectivity index (χ0n) is 16.7. The van der Waals surface area contributed by atoms with Crippen molar-refractivity contribution in [3.8, 4) is 0 Å². The van der Waals surface area contributed by atoms with Crippen LogP contribution in [0.3, 0.4) is 0 Å². The van der Waals surface area contributed by atoms with Crippen molar-refractivity contribution < 1.29 is 0 Å². The SMILES string of the molecule is BrC1=Cc2ccccc2C(N2CCN(N=Cc3cccnc3)CC2)c2ccccc21. The Labute approximate surface area is 185 Å². The van der Waals surface area contributed by atoms with Gasteiger partial charge in [-0.3, -0.25) is 14.9 Å². The fourth-order valence-electron chi connectivity index (χ4n) is 4.31. The number of benzene rings is 2. The molecule has 1 atom stereocenters. The van der Waals surface area contributed by atoms with Crippen LogP contribution in [0.1, 0.15) is 33.9 Å². The van der Waals surface area contributed by atoms with Crippen molar-refractivity contribution in [2.24, 2.45) is 5.10 Å². The third kappa shape index (κ3) is 3.83. The Balaban J connectivity index is 1.40. The Hall–Kier alpha value is -2.76. The molecule has 1 aliphatic carbocycles. The van der Waals surface area contributed by atoms with E-state index >= 15 is 0 Å². The lowest BCUT2D eigenvalue weighted by atomic mass is 9.92. The molecule has 0 bridgehead atoms. The van der Waals surface area contributed by atoms with Gasteiger partial charge in [0.2, 0.25) is 0 Å². The fourth-order valence-corrected chi connectivity index (χ4v) is 4.91. The molecule has 2 aliphatic rings. The summed E-state index contributed by atoms with van der Waals surface area (Å²) in [6.07, 6.45) is 7.78. The lowest BCUT2D eigenvalue weighted by molar-refractivity contribution is 0.112. The summed E-state index contributed by atoms with van der Waals surface area (Å²) >= 11 is 3.82. The van der Waals surface area contributed by atoms with Crippen LogP contribution in [0.15, 0.2) is 78.2 Å². The van der Waals surface area contributed by atoms with Crippen LogP contribution >= 0.6 is 15.9 Å². The number of nitrogens with zero attached hydrogens (tertiary/aromatic N) is 4. The molecule has 1 unspecified atom stereocenters. The monoisotopic (exact) mass is 458 g/mol. The van der Waals surface area contributed by atoms with Gasteiger partial charge in [0.25, 0.3) is 0 Å². The van der Waals surface area contributed by atoms with Gasteiger partial charge in [-0.15, -0.1) is 0 Å². The van der Waals surface area contributed by atoms with Crippen molar-refractivity contribution >= 4 is 32.7 Å². The van der Waals surface area contributed by atoms with Crippen molar-refractivity contribution in [3.05, 3.63) is 101 Å². The summed E-state index contributed by atoms with van der Waals surface area (Å²) in [5.41, 5.74) is 6.31. The lowest BCUT2D eigenvalue weighted by Crippen LogP contribution is -2.46.